The van der Waals surface area contributed by atoms with Gasteiger partial charge in [-0.2, -0.15) is 0 Å². The van der Waals surface area contributed by atoms with Gasteiger partial charge < -0.3 is 10.2 Å². The van der Waals surface area contributed by atoms with E-state index < -0.39 is 0 Å². The van der Waals surface area contributed by atoms with E-state index >= 15 is 0 Å². The first-order chi connectivity index (χ1) is 17.8. The first-order valence-electron chi connectivity index (χ1n) is 17.1. The second kappa shape index (κ2) is 27.9. The second-order valence-electron chi connectivity index (χ2n) is 12.4. The van der Waals surface area contributed by atoms with Crippen molar-refractivity contribution in [1.29, 1.82) is 0 Å². The van der Waals surface area contributed by atoms with Gasteiger partial charge in [-0.3, -0.25) is 0 Å². The van der Waals surface area contributed by atoms with E-state index in [4.69, 9.17) is 0 Å². The maximum atomic E-state index is 10.2. The van der Waals surface area contributed by atoms with Crippen molar-refractivity contribution in [3.63, 3.8) is 0 Å². The van der Waals surface area contributed by atoms with Crippen molar-refractivity contribution in [3.8, 4) is 0 Å². The minimum Gasteiger partial charge on any atom is -0.393 e. The van der Waals surface area contributed by atoms with Crippen molar-refractivity contribution in [2.75, 3.05) is 0 Å². The van der Waals surface area contributed by atoms with Crippen LogP contribution in [-0.4, -0.2) is 22.4 Å². The summed E-state index contributed by atoms with van der Waals surface area (Å²) in [5.74, 6) is 0. The summed E-state index contributed by atoms with van der Waals surface area (Å²) in [6.45, 7) is 0. The third kappa shape index (κ3) is 25.6. The van der Waals surface area contributed by atoms with E-state index in [0.29, 0.717) is 0 Å². The van der Waals surface area contributed by atoms with Crippen LogP contribution in [0.15, 0.2) is 0 Å². The van der Waals surface area contributed by atoms with E-state index in [1.807, 2.05) is 0 Å². The zero-order valence-electron chi connectivity index (χ0n) is 24.7. The molecular formula is C34H68O2. The van der Waals surface area contributed by atoms with Gasteiger partial charge in [-0.1, -0.05) is 180 Å². The maximum absolute atomic E-state index is 10.2. The van der Waals surface area contributed by atoms with Crippen LogP contribution in [0.5, 0.6) is 0 Å². The third-order valence-corrected chi connectivity index (χ3v) is 8.65. The molecule has 1 aliphatic rings. The molecule has 1 rings (SSSR count). The van der Waals surface area contributed by atoms with Crippen LogP contribution < -0.4 is 0 Å². The molecule has 216 valence electrons. The van der Waals surface area contributed by atoms with Crippen LogP contribution in [0.2, 0.25) is 0 Å². The van der Waals surface area contributed by atoms with Gasteiger partial charge in [0, 0.05) is 0 Å². The summed E-state index contributed by atoms with van der Waals surface area (Å²) in [7, 11) is 0. The van der Waals surface area contributed by atoms with Gasteiger partial charge in [0.1, 0.15) is 0 Å². The minimum absolute atomic E-state index is 0.0436. The van der Waals surface area contributed by atoms with Crippen molar-refractivity contribution in [2.24, 2.45) is 0 Å². The summed E-state index contributed by atoms with van der Waals surface area (Å²) in [4.78, 5) is 0. The Morgan fingerprint density at radius 2 is 0.306 bits per heavy atom. The molecule has 0 heterocycles. The largest absolute Gasteiger partial charge is 0.393 e. The molecule has 0 spiro atoms. The van der Waals surface area contributed by atoms with Crippen molar-refractivity contribution in [2.45, 2.75) is 218 Å². The zero-order valence-corrected chi connectivity index (χ0v) is 24.7. The van der Waals surface area contributed by atoms with E-state index in [-0.39, 0.29) is 12.2 Å². The molecule has 2 atom stereocenters. The molecular weight excluding hydrogens is 440 g/mol. The van der Waals surface area contributed by atoms with Gasteiger partial charge in [0.25, 0.3) is 0 Å². The average Bonchev–Trinajstić information content (AvgIpc) is 2.87. The maximum Gasteiger partial charge on any atom is 0.0540 e. The zero-order chi connectivity index (χ0) is 25.8. The molecule has 0 aromatic carbocycles. The van der Waals surface area contributed by atoms with E-state index in [2.05, 4.69) is 0 Å². The smallest absolute Gasteiger partial charge is 0.0540 e. The molecule has 0 aromatic heterocycles. The molecule has 1 saturated carbocycles. The number of aliphatic hydroxyl groups excluding tert-OH is 2. The standard InChI is InChI=1S/C34H68O2/c35-33-29-25-21-17-13-9-5-2-1-3-6-10-14-18-22-26-30-34(36)32-28-24-20-16-12-8-4-7-11-15-19-23-27-31-33/h33-36H,1-32H2. The van der Waals surface area contributed by atoms with E-state index in [1.54, 1.807) is 0 Å². The lowest BCUT2D eigenvalue weighted by Gasteiger charge is -2.10. The van der Waals surface area contributed by atoms with Gasteiger partial charge in [0.2, 0.25) is 0 Å². The predicted octanol–water partition coefficient (Wildman–Crippen LogP) is 11.2. The van der Waals surface area contributed by atoms with Gasteiger partial charge >= 0.3 is 0 Å². The summed E-state index contributed by atoms with van der Waals surface area (Å²) >= 11 is 0. The fourth-order valence-corrected chi connectivity index (χ4v) is 6.05. The molecule has 0 aromatic rings. The van der Waals surface area contributed by atoms with Crippen molar-refractivity contribution in [1.82, 2.24) is 0 Å². The van der Waals surface area contributed by atoms with E-state index in [1.165, 1.54) is 180 Å². The highest BCUT2D eigenvalue weighted by atomic mass is 16.3. The Balaban J connectivity index is 2.10. The molecule has 2 N–H and O–H groups in total. The van der Waals surface area contributed by atoms with Gasteiger partial charge in [-0.05, 0) is 25.7 Å². The monoisotopic (exact) mass is 509 g/mol. The fraction of sp³-hybridized carbons (Fsp3) is 1.00. The van der Waals surface area contributed by atoms with Crippen LogP contribution >= 0.6 is 0 Å². The van der Waals surface area contributed by atoms with Gasteiger partial charge in [-0.15, -0.1) is 0 Å². The highest BCUT2D eigenvalue weighted by Crippen LogP contribution is 2.18. The Bertz CT molecular complexity index is 374. The molecule has 0 saturated heterocycles. The molecule has 1 fully saturated rings. The van der Waals surface area contributed by atoms with E-state index in [0.717, 1.165) is 25.7 Å². The summed E-state index contributed by atoms with van der Waals surface area (Å²) in [6.07, 6.45) is 42.2. The van der Waals surface area contributed by atoms with Crippen LogP contribution in [0.1, 0.15) is 205 Å². The summed E-state index contributed by atoms with van der Waals surface area (Å²) in [5, 5.41) is 20.5. The SMILES string of the molecule is OC1CCCCCCCCCCCCCCCCCC(O)CCCCCCCCCCCCCCC1. The van der Waals surface area contributed by atoms with Crippen LogP contribution in [0.25, 0.3) is 0 Å². The Morgan fingerprint density at radius 3 is 0.444 bits per heavy atom. The lowest BCUT2D eigenvalue weighted by atomic mass is 10.00. The molecule has 0 bridgehead atoms. The number of rotatable bonds is 0. The fourth-order valence-electron chi connectivity index (χ4n) is 6.05. The van der Waals surface area contributed by atoms with Crippen molar-refractivity contribution >= 4 is 0 Å². The highest BCUT2D eigenvalue weighted by molar-refractivity contribution is 4.59. The van der Waals surface area contributed by atoms with Gasteiger partial charge in [0.15, 0.2) is 0 Å². The molecule has 1 aliphatic carbocycles. The Hall–Kier alpha value is -0.0800. The quantitative estimate of drug-likeness (QED) is 0.341. The minimum atomic E-state index is -0.0436. The second-order valence-corrected chi connectivity index (χ2v) is 12.4. The Labute approximate surface area is 227 Å². The average molecular weight is 509 g/mol. The predicted molar refractivity (Wildman–Crippen MR) is 160 cm³/mol. The third-order valence-electron chi connectivity index (χ3n) is 8.65. The lowest BCUT2D eigenvalue weighted by Crippen LogP contribution is -2.05. The number of hydrogen-bond donors (Lipinski definition) is 2. The first-order valence-corrected chi connectivity index (χ1v) is 17.1. The Morgan fingerprint density at radius 1 is 0.194 bits per heavy atom. The molecule has 0 radical (unpaired) electrons. The summed E-state index contributed by atoms with van der Waals surface area (Å²) in [5.41, 5.74) is 0. The van der Waals surface area contributed by atoms with Crippen LogP contribution in [0, 0.1) is 0 Å². The normalized spacial score (nSPS) is 27.5. The molecule has 2 nitrogen and oxygen atoms in total. The first kappa shape index (κ1) is 33.9. The van der Waals surface area contributed by atoms with Gasteiger partial charge in [-0.25, -0.2) is 0 Å². The van der Waals surface area contributed by atoms with Crippen LogP contribution in [-0.2, 0) is 0 Å². The van der Waals surface area contributed by atoms with Crippen LogP contribution in [0.3, 0.4) is 0 Å². The van der Waals surface area contributed by atoms with Crippen molar-refractivity contribution < 1.29 is 10.2 Å². The molecule has 36 heavy (non-hydrogen) atoms. The Kier molecular flexibility index (Phi) is 26.3. The lowest BCUT2D eigenvalue weighted by molar-refractivity contribution is 0.147. The summed E-state index contributed by atoms with van der Waals surface area (Å²) in [6, 6.07) is 0. The summed E-state index contributed by atoms with van der Waals surface area (Å²) < 4.78 is 0. The van der Waals surface area contributed by atoms with Crippen LogP contribution in [0.4, 0.5) is 0 Å². The number of aliphatic hydroxyl groups is 2. The number of hydrogen-bond acceptors (Lipinski definition) is 2. The van der Waals surface area contributed by atoms with Gasteiger partial charge in [0.05, 0.1) is 12.2 Å². The molecule has 0 amide bonds. The molecule has 2 heteroatoms. The molecule has 2 unspecified atom stereocenters. The molecule has 0 aliphatic heterocycles. The topological polar surface area (TPSA) is 40.5 Å². The van der Waals surface area contributed by atoms with E-state index in [9.17, 15) is 10.2 Å². The van der Waals surface area contributed by atoms with Crippen molar-refractivity contribution in [3.05, 3.63) is 0 Å². The highest BCUT2D eigenvalue weighted by Gasteiger charge is 2.05.